The Morgan fingerprint density at radius 1 is 1.40 bits per heavy atom. The summed E-state index contributed by atoms with van der Waals surface area (Å²) >= 11 is 0. The number of quaternary nitrogens is 1. The van der Waals surface area contributed by atoms with Gasteiger partial charge in [0.25, 0.3) is 0 Å². The van der Waals surface area contributed by atoms with Crippen LogP contribution in [0, 0.1) is 0 Å². The van der Waals surface area contributed by atoms with Gasteiger partial charge in [0.15, 0.2) is 0 Å². The normalized spacial score (nSPS) is 9.50. The number of hydrogen-bond donors (Lipinski definition) is 0. The standard InChI is InChI=1S/C5H13N4.HI/c1-9(2,3)5-4-7-8-6;/h4-5H2,1-3H3;1H/q+1;/p-1. The lowest BCUT2D eigenvalue weighted by molar-refractivity contribution is -0.868. The van der Waals surface area contributed by atoms with Crippen molar-refractivity contribution in [3.8, 4) is 0 Å². The van der Waals surface area contributed by atoms with Gasteiger partial charge in [-0.2, -0.15) is 0 Å². The van der Waals surface area contributed by atoms with E-state index in [1.54, 1.807) is 0 Å². The van der Waals surface area contributed by atoms with Crippen molar-refractivity contribution in [3.05, 3.63) is 10.4 Å². The number of likely N-dealkylation sites (N-methyl/N-ethyl adjacent to an activating group) is 1. The highest BCUT2D eigenvalue weighted by atomic mass is 127. The van der Waals surface area contributed by atoms with Gasteiger partial charge in [-0.1, -0.05) is 5.11 Å². The van der Waals surface area contributed by atoms with E-state index in [-0.39, 0.29) is 24.0 Å². The maximum atomic E-state index is 7.91. The summed E-state index contributed by atoms with van der Waals surface area (Å²) < 4.78 is 0.846. The number of nitrogens with zero attached hydrogens (tertiary/aromatic N) is 4. The van der Waals surface area contributed by atoms with Gasteiger partial charge in [-0.3, -0.25) is 0 Å². The third-order valence-electron chi connectivity index (χ3n) is 0.934. The van der Waals surface area contributed by atoms with Crippen molar-refractivity contribution >= 4 is 0 Å². The van der Waals surface area contributed by atoms with Gasteiger partial charge >= 0.3 is 0 Å². The molecular formula is C5H13IN4. The topological polar surface area (TPSA) is 48.8 Å². The van der Waals surface area contributed by atoms with E-state index in [9.17, 15) is 0 Å². The smallest absolute Gasteiger partial charge is 0.0837 e. The van der Waals surface area contributed by atoms with E-state index in [2.05, 4.69) is 31.2 Å². The molecule has 0 radical (unpaired) electrons. The van der Waals surface area contributed by atoms with Gasteiger partial charge in [0, 0.05) is 4.91 Å². The van der Waals surface area contributed by atoms with Crippen LogP contribution in [0.5, 0.6) is 0 Å². The molecule has 60 valence electrons. The highest BCUT2D eigenvalue weighted by Gasteiger charge is 2.03. The van der Waals surface area contributed by atoms with E-state index in [1.165, 1.54) is 0 Å². The molecule has 0 fully saturated rings. The lowest BCUT2D eigenvalue weighted by Crippen LogP contribution is -3.00. The van der Waals surface area contributed by atoms with E-state index in [4.69, 9.17) is 5.53 Å². The second-order valence-electron chi connectivity index (χ2n) is 2.97. The zero-order valence-corrected chi connectivity index (χ0v) is 8.74. The predicted molar refractivity (Wildman–Crippen MR) is 36.9 cm³/mol. The summed E-state index contributed by atoms with van der Waals surface area (Å²) in [5.74, 6) is 0. The zero-order valence-electron chi connectivity index (χ0n) is 6.58. The summed E-state index contributed by atoms with van der Waals surface area (Å²) in [5.41, 5.74) is 7.91. The third kappa shape index (κ3) is 10.9. The number of rotatable bonds is 3. The molecule has 0 aliphatic rings. The molecule has 10 heavy (non-hydrogen) atoms. The fourth-order valence-corrected chi connectivity index (χ4v) is 0.389. The molecule has 0 aromatic rings. The average Bonchev–Trinajstić information content (AvgIpc) is 1.63. The number of azide groups is 1. The first-order valence-electron chi connectivity index (χ1n) is 2.87. The molecule has 0 N–H and O–H groups in total. The van der Waals surface area contributed by atoms with Crippen LogP contribution in [0.2, 0.25) is 0 Å². The van der Waals surface area contributed by atoms with Gasteiger partial charge in [-0.25, -0.2) is 0 Å². The maximum absolute atomic E-state index is 7.91. The van der Waals surface area contributed by atoms with Gasteiger partial charge in [0.2, 0.25) is 0 Å². The average molecular weight is 256 g/mol. The lowest BCUT2D eigenvalue weighted by atomic mass is 10.5. The van der Waals surface area contributed by atoms with Crippen molar-refractivity contribution in [2.75, 3.05) is 34.2 Å². The fraction of sp³-hybridized carbons (Fsp3) is 1.00. The molecule has 4 nitrogen and oxygen atoms in total. The minimum Gasteiger partial charge on any atom is -1.00 e. The van der Waals surface area contributed by atoms with E-state index < -0.39 is 0 Å². The summed E-state index contributed by atoms with van der Waals surface area (Å²) in [7, 11) is 6.19. The highest BCUT2D eigenvalue weighted by Crippen LogP contribution is 1.88. The molecule has 0 aliphatic heterocycles. The molecule has 0 unspecified atom stereocenters. The molecule has 5 heteroatoms. The molecule has 0 aliphatic carbocycles. The van der Waals surface area contributed by atoms with Crippen molar-refractivity contribution in [1.29, 1.82) is 0 Å². The fourth-order valence-electron chi connectivity index (χ4n) is 0.389. The summed E-state index contributed by atoms with van der Waals surface area (Å²) in [6.07, 6.45) is 0. The van der Waals surface area contributed by atoms with Crippen LogP contribution in [0.1, 0.15) is 0 Å². The molecule has 0 rings (SSSR count). The quantitative estimate of drug-likeness (QED) is 0.184. The van der Waals surface area contributed by atoms with Crippen molar-refractivity contribution in [1.82, 2.24) is 0 Å². The first kappa shape index (κ1) is 12.7. The summed E-state index contributed by atoms with van der Waals surface area (Å²) in [6.45, 7) is 1.48. The van der Waals surface area contributed by atoms with Crippen LogP contribution in [0.4, 0.5) is 0 Å². The van der Waals surface area contributed by atoms with Crippen LogP contribution in [0.3, 0.4) is 0 Å². The molecule has 0 atom stereocenters. The molecule has 0 amide bonds. The summed E-state index contributed by atoms with van der Waals surface area (Å²) in [5, 5.41) is 3.42. The molecule has 0 saturated carbocycles. The third-order valence-corrected chi connectivity index (χ3v) is 0.934. The van der Waals surface area contributed by atoms with Crippen molar-refractivity contribution in [3.63, 3.8) is 0 Å². The lowest BCUT2D eigenvalue weighted by Gasteiger charge is -2.22. The van der Waals surface area contributed by atoms with Crippen LogP contribution in [0.25, 0.3) is 10.4 Å². The second kappa shape index (κ2) is 5.76. The van der Waals surface area contributed by atoms with Gasteiger partial charge in [-0.05, 0) is 5.53 Å². The molecular weight excluding hydrogens is 243 g/mol. The van der Waals surface area contributed by atoms with Crippen LogP contribution < -0.4 is 24.0 Å². The van der Waals surface area contributed by atoms with E-state index in [0.717, 1.165) is 11.0 Å². The number of halogens is 1. The minimum absolute atomic E-state index is 0. The Morgan fingerprint density at radius 3 is 2.20 bits per heavy atom. The molecule has 0 bridgehead atoms. The molecule has 0 aromatic carbocycles. The first-order chi connectivity index (χ1) is 4.06. The highest BCUT2D eigenvalue weighted by molar-refractivity contribution is 4.43. The van der Waals surface area contributed by atoms with E-state index in [0.29, 0.717) is 6.54 Å². The van der Waals surface area contributed by atoms with Crippen LogP contribution in [-0.4, -0.2) is 38.7 Å². The Balaban J connectivity index is 0. The summed E-state index contributed by atoms with van der Waals surface area (Å²) in [4.78, 5) is 2.65. The minimum atomic E-state index is 0. The van der Waals surface area contributed by atoms with Crippen molar-refractivity contribution < 1.29 is 28.5 Å². The SMILES string of the molecule is C[N+](C)(C)CCN=[N+]=[N-].[I-]. The van der Waals surface area contributed by atoms with Gasteiger partial charge in [0.1, 0.15) is 0 Å². The van der Waals surface area contributed by atoms with E-state index in [1.807, 2.05) is 0 Å². The van der Waals surface area contributed by atoms with Gasteiger partial charge < -0.3 is 28.5 Å². The Kier molecular flexibility index (Phi) is 7.29. The largest absolute Gasteiger partial charge is 1.00 e. The van der Waals surface area contributed by atoms with Gasteiger partial charge in [-0.15, -0.1) is 0 Å². The monoisotopic (exact) mass is 256 g/mol. The van der Waals surface area contributed by atoms with Crippen LogP contribution in [0.15, 0.2) is 5.11 Å². The Morgan fingerprint density at radius 2 is 1.90 bits per heavy atom. The molecule has 0 spiro atoms. The number of hydrogen-bond acceptors (Lipinski definition) is 1. The molecule has 0 heterocycles. The van der Waals surface area contributed by atoms with E-state index >= 15 is 0 Å². The maximum Gasteiger partial charge on any atom is 0.0837 e. The summed E-state index contributed by atoms with van der Waals surface area (Å²) in [6, 6.07) is 0. The Bertz CT molecular complexity index is 122. The zero-order chi connectivity index (χ0) is 7.33. The molecule has 0 saturated heterocycles. The molecule has 0 aromatic heterocycles. The van der Waals surface area contributed by atoms with Crippen LogP contribution >= 0.6 is 0 Å². The second-order valence-corrected chi connectivity index (χ2v) is 2.97. The van der Waals surface area contributed by atoms with Crippen molar-refractivity contribution in [2.24, 2.45) is 5.11 Å². The van der Waals surface area contributed by atoms with Crippen molar-refractivity contribution in [2.45, 2.75) is 0 Å². The Labute approximate surface area is 78.4 Å². The first-order valence-corrected chi connectivity index (χ1v) is 2.87. The van der Waals surface area contributed by atoms with Crippen LogP contribution in [-0.2, 0) is 0 Å². The van der Waals surface area contributed by atoms with Gasteiger partial charge in [0.05, 0.1) is 34.2 Å². The Hall–Kier alpha value is 0. The predicted octanol–water partition coefficient (Wildman–Crippen LogP) is -1.99.